The SMILES string of the molecule is CCCCC[C@@H]1[C@H](OCc2ccccc2)C(=O)N1N1CCC[C@H]1C(CC)(CC)OC. The molecule has 2 saturated heterocycles. The molecule has 2 aliphatic rings. The van der Waals surface area contributed by atoms with Crippen LogP contribution in [0.2, 0.25) is 0 Å². The Labute approximate surface area is 182 Å². The van der Waals surface area contributed by atoms with Crippen molar-refractivity contribution in [3.8, 4) is 0 Å². The summed E-state index contributed by atoms with van der Waals surface area (Å²) in [5.41, 5.74) is 0.922. The van der Waals surface area contributed by atoms with E-state index >= 15 is 0 Å². The topological polar surface area (TPSA) is 42.0 Å². The number of carbonyl (C=O) groups excluding carboxylic acids is 1. The van der Waals surface area contributed by atoms with Gasteiger partial charge in [0.25, 0.3) is 5.91 Å². The molecule has 0 saturated carbocycles. The molecule has 30 heavy (non-hydrogen) atoms. The number of hydrogen-bond donors (Lipinski definition) is 0. The normalized spacial score (nSPS) is 25.0. The lowest BCUT2D eigenvalue weighted by molar-refractivity contribution is -0.229. The Balaban J connectivity index is 1.74. The van der Waals surface area contributed by atoms with Crippen molar-refractivity contribution in [1.82, 2.24) is 10.0 Å². The van der Waals surface area contributed by atoms with Crippen LogP contribution in [0.4, 0.5) is 0 Å². The van der Waals surface area contributed by atoms with E-state index in [-0.39, 0.29) is 29.7 Å². The molecule has 5 nitrogen and oxygen atoms in total. The van der Waals surface area contributed by atoms with Crippen molar-refractivity contribution in [2.75, 3.05) is 13.7 Å². The molecule has 168 valence electrons. The molecule has 2 aliphatic heterocycles. The fourth-order valence-electron chi connectivity index (χ4n) is 5.33. The van der Waals surface area contributed by atoms with Crippen LogP contribution in [0, 0.1) is 0 Å². The number of rotatable bonds is 12. The fraction of sp³-hybridized carbons (Fsp3) is 0.720. The summed E-state index contributed by atoms with van der Waals surface area (Å²) in [4.78, 5) is 13.3. The molecule has 0 aliphatic carbocycles. The first-order valence-electron chi connectivity index (χ1n) is 11.9. The van der Waals surface area contributed by atoms with Crippen molar-refractivity contribution >= 4 is 5.91 Å². The minimum atomic E-state index is -0.330. The third kappa shape index (κ3) is 4.58. The first-order chi connectivity index (χ1) is 14.6. The number of β-lactam (4-membered cyclic amide) rings is 1. The standard InChI is InChI=1S/C25H40N2O3/c1-5-8-10-16-21-23(30-19-20-14-11-9-12-15-20)24(28)27(21)26-18-13-17-22(26)25(6-2,7-3)29-4/h9,11-12,14-15,21-23H,5-8,10,13,16-19H2,1-4H3/t21-,22+,23+/m1/s1. The first-order valence-corrected chi connectivity index (χ1v) is 11.9. The van der Waals surface area contributed by atoms with Crippen LogP contribution in [0.5, 0.6) is 0 Å². The number of unbranched alkanes of at least 4 members (excludes halogenated alkanes) is 2. The van der Waals surface area contributed by atoms with Crippen LogP contribution in [-0.4, -0.2) is 53.4 Å². The Morgan fingerprint density at radius 2 is 1.83 bits per heavy atom. The molecular weight excluding hydrogens is 376 g/mol. The van der Waals surface area contributed by atoms with E-state index in [1.54, 1.807) is 0 Å². The number of carbonyl (C=O) groups is 1. The molecule has 3 atom stereocenters. The summed E-state index contributed by atoms with van der Waals surface area (Å²) in [6.45, 7) is 8.04. The van der Waals surface area contributed by atoms with Crippen LogP contribution in [0.3, 0.4) is 0 Å². The second-order valence-electron chi connectivity index (χ2n) is 8.76. The number of methoxy groups -OCH3 is 1. The van der Waals surface area contributed by atoms with Gasteiger partial charge in [-0.05, 0) is 37.7 Å². The van der Waals surface area contributed by atoms with Crippen LogP contribution < -0.4 is 0 Å². The first kappa shape index (κ1) is 23.2. The van der Waals surface area contributed by atoms with E-state index < -0.39 is 0 Å². The summed E-state index contributed by atoms with van der Waals surface area (Å²) in [5.74, 6) is 0.122. The summed E-state index contributed by atoms with van der Waals surface area (Å²) in [6.07, 6.45) is 8.28. The molecule has 5 heteroatoms. The largest absolute Gasteiger partial charge is 0.377 e. The van der Waals surface area contributed by atoms with Crippen molar-refractivity contribution in [2.24, 2.45) is 0 Å². The molecule has 0 radical (unpaired) electrons. The Kier molecular flexibility index (Phi) is 8.32. The van der Waals surface area contributed by atoms with Crippen LogP contribution >= 0.6 is 0 Å². The summed E-state index contributed by atoms with van der Waals surface area (Å²) < 4.78 is 12.2. The predicted molar refractivity (Wildman–Crippen MR) is 120 cm³/mol. The Hall–Kier alpha value is -1.43. The summed E-state index contributed by atoms with van der Waals surface area (Å²) in [7, 11) is 1.83. The molecule has 1 aromatic carbocycles. The zero-order valence-electron chi connectivity index (χ0n) is 19.3. The Morgan fingerprint density at radius 1 is 1.10 bits per heavy atom. The highest BCUT2D eigenvalue weighted by Gasteiger charge is 2.55. The van der Waals surface area contributed by atoms with Crippen molar-refractivity contribution in [3.63, 3.8) is 0 Å². The maximum absolute atomic E-state index is 13.3. The zero-order chi connectivity index (χ0) is 21.6. The number of hydrazine groups is 1. The Morgan fingerprint density at radius 3 is 2.47 bits per heavy atom. The molecule has 0 aromatic heterocycles. The molecule has 0 unspecified atom stereocenters. The van der Waals surface area contributed by atoms with Gasteiger partial charge in [-0.25, -0.2) is 5.01 Å². The number of nitrogens with zero attached hydrogens (tertiary/aromatic N) is 2. The third-order valence-electron chi connectivity index (χ3n) is 7.22. The fourth-order valence-corrected chi connectivity index (χ4v) is 5.33. The number of ether oxygens (including phenoxy) is 2. The molecule has 2 heterocycles. The van der Waals surface area contributed by atoms with Crippen molar-refractivity contribution < 1.29 is 14.3 Å². The molecule has 3 rings (SSSR count). The number of benzene rings is 1. The van der Waals surface area contributed by atoms with Gasteiger partial charge in [0, 0.05) is 13.7 Å². The number of hydrogen-bond acceptors (Lipinski definition) is 4. The van der Waals surface area contributed by atoms with Gasteiger partial charge in [-0.1, -0.05) is 70.4 Å². The van der Waals surface area contributed by atoms with Crippen LogP contribution in [-0.2, 0) is 20.9 Å². The second-order valence-corrected chi connectivity index (χ2v) is 8.76. The van der Waals surface area contributed by atoms with Gasteiger partial charge in [-0.3, -0.25) is 9.80 Å². The Bertz CT molecular complexity index is 653. The van der Waals surface area contributed by atoms with Gasteiger partial charge in [0.2, 0.25) is 0 Å². The van der Waals surface area contributed by atoms with Crippen LogP contribution in [0.15, 0.2) is 30.3 Å². The zero-order valence-corrected chi connectivity index (χ0v) is 19.3. The average Bonchev–Trinajstić information content (AvgIpc) is 3.25. The summed E-state index contributed by atoms with van der Waals surface area (Å²) in [6, 6.07) is 10.5. The third-order valence-corrected chi connectivity index (χ3v) is 7.22. The van der Waals surface area contributed by atoms with E-state index in [1.165, 1.54) is 12.8 Å². The summed E-state index contributed by atoms with van der Waals surface area (Å²) in [5, 5.41) is 4.37. The van der Waals surface area contributed by atoms with Gasteiger partial charge >= 0.3 is 0 Å². The highest BCUT2D eigenvalue weighted by molar-refractivity contribution is 5.88. The van der Waals surface area contributed by atoms with E-state index in [9.17, 15) is 4.79 Å². The van der Waals surface area contributed by atoms with Gasteiger partial charge < -0.3 is 9.47 Å². The second kappa shape index (κ2) is 10.7. The summed E-state index contributed by atoms with van der Waals surface area (Å²) >= 11 is 0. The molecule has 0 spiro atoms. The lowest BCUT2D eigenvalue weighted by Gasteiger charge is -2.54. The van der Waals surface area contributed by atoms with Crippen molar-refractivity contribution in [2.45, 2.75) is 103 Å². The predicted octanol–water partition coefficient (Wildman–Crippen LogP) is 4.95. The van der Waals surface area contributed by atoms with E-state index in [0.717, 1.165) is 50.6 Å². The number of amides is 1. The van der Waals surface area contributed by atoms with E-state index in [2.05, 4.69) is 37.9 Å². The van der Waals surface area contributed by atoms with Gasteiger partial charge in [-0.2, -0.15) is 0 Å². The lowest BCUT2D eigenvalue weighted by Crippen LogP contribution is -2.73. The van der Waals surface area contributed by atoms with Gasteiger partial charge in [0.1, 0.15) is 0 Å². The molecule has 2 fully saturated rings. The van der Waals surface area contributed by atoms with E-state index in [0.29, 0.717) is 6.61 Å². The van der Waals surface area contributed by atoms with Crippen LogP contribution in [0.1, 0.15) is 77.7 Å². The average molecular weight is 417 g/mol. The van der Waals surface area contributed by atoms with E-state index in [1.807, 2.05) is 30.3 Å². The van der Waals surface area contributed by atoms with Crippen molar-refractivity contribution in [3.05, 3.63) is 35.9 Å². The molecular formula is C25H40N2O3. The highest BCUT2D eigenvalue weighted by atomic mass is 16.5. The van der Waals surface area contributed by atoms with E-state index in [4.69, 9.17) is 9.47 Å². The highest BCUT2D eigenvalue weighted by Crippen LogP contribution is 2.40. The maximum atomic E-state index is 13.3. The minimum absolute atomic E-state index is 0.122. The van der Waals surface area contributed by atoms with Crippen molar-refractivity contribution in [1.29, 1.82) is 0 Å². The van der Waals surface area contributed by atoms with Gasteiger partial charge in [0.15, 0.2) is 6.10 Å². The maximum Gasteiger partial charge on any atom is 0.268 e. The molecule has 0 bridgehead atoms. The lowest BCUT2D eigenvalue weighted by atomic mass is 9.86. The quantitative estimate of drug-likeness (QED) is 0.357. The van der Waals surface area contributed by atoms with Gasteiger partial charge in [-0.15, -0.1) is 0 Å². The minimum Gasteiger partial charge on any atom is -0.377 e. The molecule has 1 aromatic rings. The monoisotopic (exact) mass is 416 g/mol. The molecule has 1 amide bonds. The smallest absolute Gasteiger partial charge is 0.268 e. The van der Waals surface area contributed by atoms with Gasteiger partial charge in [0.05, 0.1) is 24.3 Å². The molecule has 0 N–H and O–H groups in total. The van der Waals surface area contributed by atoms with Crippen LogP contribution in [0.25, 0.3) is 0 Å².